The predicted octanol–water partition coefficient (Wildman–Crippen LogP) is 3.94. The monoisotopic (exact) mass is 265 g/mol. The lowest BCUT2D eigenvalue weighted by atomic mass is 10.1. The quantitative estimate of drug-likeness (QED) is 0.830. The van der Waals surface area contributed by atoms with Gasteiger partial charge in [-0.3, -0.25) is 0 Å². The summed E-state index contributed by atoms with van der Waals surface area (Å²) in [4.78, 5) is 0. The van der Waals surface area contributed by atoms with Crippen LogP contribution in [0.2, 0.25) is 5.02 Å². The van der Waals surface area contributed by atoms with Crippen LogP contribution in [0.25, 0.3) is 0 Å². The van der Waals surface area contributed by atoms with E-state index in [4.69, 9.17) is 16.3 Å². The molecule has 1 aliphatic heterocycles. The Morgan fingerprint density at radius 3 is 2.76 bits per heavy atom. The van der Waals surface area contributed by atoms with E-state index in [1.165, 1.54) is 6.07 Å². The first-order chi connectivity index (χ1) is 7.91. The van der Waals surface area contributed by atoms with Crippen molar-refractivity contribution in [1.29, 1.82) is 0 Å². The lowest BCUT2D eigenvalue weighted by Crippen LogP contribution is -2.31. The molecule has 0 aliphatic carbocycles. The molecule has 17 heavy (non-hydrogen) atoms. The summed E-state index contributed by atoms with van der Waals surface area (Å²) in [5, 5.41) is 3.04. The van der Waals surface area contributed by atoms with Crippen molar-refractivity contribution in [3.05, 3.63) is 22.7 Å². The van der Waals surface area contributed by atoms with Crippen LogP contribution in [0.15, 0.2) is 12.1 Å². The van der Waals surface area contributed by atoms with Gasteiger partial charge in [0.05, 0.1) is 11.7 Å². The molecule has 0 amide bonds. The maximum Gasteiger partial charge on any atom is 0.420 e. The van der Waals surface area contributed by atoms with Gasteiger partial charge in [0.25, 0.3) is 0 Å². The van der Waals surface area contributed by atoms with Crippen LogP contribution < -0.4 is 10.1 Å². The molecular formula is C11H11ClF3NO. The van der Waals surface area contributed by atoms with Crippen molar-refractivity contribution < 1.29 is 17.9 Å². The zero-order valence-corrected chi connectivity index (χ0v) is 9.82. The number of hydrogen-bond donors (Lipinski definition) is 1. The highest BCUT2D eigenvalue weighted by atomic mass is 35.5. The Morgan fingerprint density at radius 1 is 1.47 bits per heavy atom. The van der Waals surface area contributed by atoms with Crippen molar-refractivity contribution in [2.24, 2.45) is 0 Å². The second-order valence-electron chi connectivity index (χ2n) is 3.89. The number of rotatable bonds is 1. The van der Waals surface area contributed by atoms with Gasteiger partial charge in [-0.25, -0.2) is 0 Å². The summed E-state index contributed by atoms with van der Waals surface area (Å²) in [6.07, 6.45) is -3.69. The highest BCUT2D eigenvalue weighted by Crippen LogP contribution is 2.44. The number of fused-ring (bicyclic) bond motifs is 1. The van der Waals surface area contributed by atoms with Gasteiger partial charge in [0.2, 0.25) is 0 Å². The van der Waals surface area contributed by atoms with Crippen LogP contribution in [-0.2, 0) is 6.18 Å². The zero-order chi connectivity index (χ0) is 12.6. The fraction of sp³-hybridized carbons (Fsp3) is 0.455. The third-order valence-corrected chi connectivity index (χ3v) is 2.86. The van der Waals surface area contributed by atoms with Crippen LogP contribution in [0.5, 0.6) is 5.75 Å². The molecule has 2 nitrogen and oxygen atoms in total. The average molecular weight is 266 g/mol. The lowest BCUT2D eigenvalue weighted by molar-refractivity contribution is -0.139. The molecule has 0 aromatic heterocycles. The maximum atomic E-state index is 12.8. The van der Waals surface area contributed by atoms with E-state index in [1.54, 1.807) is 0 Å². The van der Waals surface area contributed by atoms with Crippen LogP contribution in [0.1, 0.15) is 18.9 Å². The van der Waals surface area contributed by atoms with E-state index in [0.29, 0.717) is 5.69 Å². The summed E-state index contributed by atoms with van der Waals surface area (Å²) in [6.45, 7) is 2.16. The third kappa shape index (κ3) is 2.44. The van der Waals surface area contributed by atoms with E-state index >= 15 is 0 Å². The first-order valence-corrected chi connectivity index (χ1v) is 5.59. The SMILES string of the molecule is CCC1COc2c(cc(Cl)cc2C(F)(F)F)N1. The number of ether oxygens (including phenoxy) is 1. The number of anilines is 1. The Bertz CT molecular complexity index is 433. The fourth-order valence-corrected chi connectivity index (χ4v) is 1.95. The van der Waals surface area contributed by atoms with E-state index in [-0.39, 0.29) is 23.4 Å². The molecule has 0 bridgehead atoms. The standard InChI is InChI=1S/C11H11ClF3NO/c1-2-7-5-17-10-8(11(13,14)15)3-6(12)4-9(10)16-7/h3-4,7,16H,2,5H2,1H3. The lowest BCUT2D eigenvalue weighted by Gasteiger charge is -2.29. The van der Waals surface area contributed by atoms with Gasteiger partial charge in [0.15, 0.2) is 5.75 Å². The molecule has 1 aromatic carbocycles. The highest BCUT2D eigenvalue weighted by Gasteiger charge is 2.37. The fourth-order valence-electron chi connectivity index (χ4n) is 1.73. The number of nitrogens with one attached hydrogen (secondary N) is 1. The minimum Gasteiger partial charge on any atom is -0.489 e. The molecule has 2 rings (SSSR count). The van der Waals surface area contributed by atoms with E-state index < -0.39 is 11.7 Å². The molecule has 0 fully saturated rings. The van der Waals surface area contributed by atoms with Gasteiger partial charge in [-0.15, -0.1) is 0 Å². The van der Waals surface area contributed by atoms with Crippen LogP contribution >= 0.6 is 11.6 Å². The van der Waals surface area contributed by atoms with Crippen LogP contribution in [-0.4, -0.2) is 12.6 Å². The second kappa shape index (κ2) is 4.29. The van der Waals surface area contributed by atoms with Crippen molar-refractivity contribution in [2.45, 2.75) is 25.6 Å². The molecule has 0 radical (unpaired) electrons. The minimum atomic E-state index is -4.46. The maximum absolute atomic E-state index is 12.8. The molecule has 1 unspecified atom stereocenters. The zero-order valence-electron chi connectivity index (χ0n) is 9.07. The first-order valence-electron chi connectivity index (χ1n) is 5.22. The molecule has 6 heteroatoms. The molecule has 94 valence electrons. The van der Waals surface area contributed by atoms with Crippen molar-refractivity contribution in [3.8, 4) is 5.75 Å². The van der Waals surface area contributed by atoms with Gasteiger partial charge in [-0.2, -0.15) is 13.2 Å². The van der Waals surface area contributed by atoms with Crippen molar-refractivity contribution >= 4 is 17.3 Å². The Morgan fingerprint density at radius 2 is 2.18 bits per heavy atom. The Labute approximate surface area is 102 Å². The first kappa shape index (κ1) is 12.4. The normalized spacial score (nSPS) is 19.2. The molecule has 1 aliphatic rings. The number of hydrogen-bond acceptors (Lipinski definition) is 2. The average Bonchev–Trinajstić information content (AvgIpc) is 2.25. The Balaban J connectivity index is 2.47. The summed E-state index contributed by atoms with van der Waals surface area (Å²) >= 11 is 5.68. The second-order valence-corrected chi connectivity index (χ2v) is 4.32. The summed E-state index contributed by atoms with van der Waals surface area (Å²) in [7, 11) is 0. The topological polar surface area (TPSA) is 21.3 Å². The minimum absolute atomic E-state index is 0.0158. The van der Waals surface area contributed by atoms with E-state index in [9.17, 15) is 13.2 Å². The van der Waals surface area contributed by atoms with E-state index in [1.807, 2.05) is 6.92 Å². The molecular weight excluding hydrogens is 255 g/mol. The van der Waals surface area contributed by atoms with Crippen LogP contribution in [0, 0.1) is 0 Å². The predicted molar refractivity (Wildman–Crippen MR) is 59.7 cm³/mol. The van der Waals surface area contributed by atoms with Crippen LogP contribution in [0.4, 0.5) is 18.9 Å². The van der Waals surface area contributed by atoms with Gasteiger partial charge < -0.3 is 10.1 Å². The summed E-state index contributed by atoms with van der Waals surface area (Å²) in [5.41, 5.74) is -0.523. The van der Waals surface area contributed by atoms with E-state index in [2.05, 4.69) is 5.32 Å². The summed E-state index contributed by atoms with van der Waals surface area (Å²) in [5.74, 6) is -0.161. The molecule has 1 heterocycles. The van der Waals surface area contributed by atoms with E-state index in [0.717, 1.165) is 12.5 Å². The van der Waals surface area contributed by atoms with Crippen LogP contribution in [0.3, 0.4) is 0 Å². The third-order valence-electron chi connectivity index (χ3n) is 2.64. The molecule has 1 aromatic rings. The Kier molecular flexibility index (Phi) is 3.12. The van der Waals surface area contributed by atoms with Gasteiger partial charge in [-0.1, -0.05) is 18.5 Å². The number of halogens is 4. The highest BCUT2D eigenvalue weighted by molar-refractivity contribution is 6.31. The van der Waals surface area contributed by atoms with Crippen molar-refractivity contribution in [2.75, 3.05) is 11.9 Å². The number of alkyl halides is 3. The molecule has 0 saturated carbocycles. The Hall–Kier alpha value is -1.10. The molecule has 1 N–H and O–H groups in total. The van der Waals surface area contributed by atoms with Crippen molar-refractivity contribution in [1.82, 2.24) is 0 Å². The summed E-state index contributed by atoms with van der Waals surface area (Å²) < 4.78 is 43.5. The van der Waals surface area contributed by atoms with Gasteiger partial charge in [0, 0.05) is 5.02 Å². The molecule has 0 spiro atoms. The van der Waals surface area contributed by atoms with Crippen molar-refractivity contribution in [3.63, 3.8) is 0 Å². The molecule has 1 atom stereocenters. The largest absolute Gasteiger partial charge is 0.489 e. The van der Waals surface area contributed by atoms with Gasteiger partial charge in [-0.05, 0) is 18.6 Å². The molecule has 0 saturated heterocycles. The smallest absolute Gasteiger partial charge is 0.420 e. The summed E-state index contributed by atoms with van der Waals surface area (Å²) in [6, 6.07) is 2.35. The number of benzene rings is 1. The van der Waals surface area contributed by atoms with Gasteiger partial charge >= 0.3 is 6.18 Å². The van der Waals surface area contributed by atoms with Gasteiger partial charge in [0.1, 0.15) is 12.2 Å².